The Morgan fingerprint density at radius 1 is 1.50 bits per heavy atom. The summed E-state index contributed by atoms with van der Waals surface area (Å²) in [4.78, 5) is 0. The lowest BCUT2D eigenvalue weighted by molar-refractivity contribution is -0.107. The number of hydrogen-bond donors (Lipinski definition) is 0. The summed E-state index contributed by atoms with van der Waals surface area (Å²) in [6.45, 7) is 8.85. The lowest BCUT2D eigenvalue weighted by Gasteiger charge is -2.47. The largest absolute Gasteiger partial charge is 0.362 e. The van der Waals surface area contributed by atoms with Gasteiger partial charge >= 0.3 is 0 Å². The third kappa shape index (κ3) is 0.802. The van der Waals surface area contributed by atoms with Crippen LogP contribution in [0, 0.1) is 11.3 Å². The van der Waals surface area contributed by atoms with Crippen LogP contribution in [0.25, 0.3) is 0 Å². The smallest absolute Gasteiger partial charge is 0.0936 e. The van der Waals surface area contributed by atoms with Crippen molar-refractivity contribution < 1.29 is 4.74 Å². The van der Waals surface area contributed by atoms with Crippen LogP contribution >= 0.6 is 0 Å². The van der Waals surface area contributed by atoms with Gasteiger partial charge in [-0.2, -0.15) is 0 Å². The van der Waals surface area contributed by atoms with Crippen LogP contribution in [0.5, 0.6) is 0 Å². The van der Waals surface area contributed by atoms with Crippen molar-refractivity contribution in [1.29, 1.82) is 0 Å². The van der Waals surface area contributed by atoms with Gasteiger partial charge in [-0.3, -0.25) is 0 Å². The van der Waals surface area contributed by atoms with Crippen molar-refractivity contribution >= 4 is 0 Å². The van der Waals surface area contributed by atoms with Crippen molar-refractivity contribution in [2.75, 3.05) is 0 Å². The Labute approximate surface area is 85.8 Å². The van der Waals surface area contributed by atoms with Crippen molar-refractivity contribution in [3.63, 3.8) is 0 Å². The predicted octanol–water partition coefficient (Wildman–Crippen LogP) is 3.08. The van der Waals surface area contributed by atoms with Crippen molar-refractivity contribution in [2.24, 2.45) is 11.3 Å². The molecular weight excluding hydrogens is 172 g/mol. The van der Waals surface area contributed by atoms with Gasteiger partial charge in [0.05, 0.1) is 11.7 Å². The van der Waals surface area contributed by atoms with E-state index in [4.69, 9.17) is 4.74 Å². The third-order valence-electron chi connectivity index (χ3n) is 4.51. The van der Waals surface area contributed by atoms with Crippen LogP contribution in [0.15, 0.2) is 24.3 Å². The van der Waals surface area contributed by atoms with Gasteiger partial charge in [0, 0.05) is 11.3 Å². The second kappa shape index (κ2) is 2.33. The summed E-state index contributed by atoms with van der Waals surface area (Å²) in [5, 5.41) is 0. The quantitative estimate of drug-likeness (QED) is 0.533. The summed E-state index contributed by atoms with van der Waals surface area (Å²) >= 11 is 0. The first-order chi connectivity index (χ1) is 6.56. The van der Waals surface area contributed by atoms with E-state index in [2.05, 4.69) is 32.6 Å². The fourth-order valence-electron chi connectivity index (χ4n) is 3.40. The Balaban J connectivity index is 2.10. The molecule has 0 amide bonds. The summed E-state index contributed by atoms with van der Waals surface area (Å²) in [5.41, 5.74) is 1.60. The second-order valence-electron chi connectivity index (χ2n) is 5.54. The Hall–Kier alpha value is -0.560. The van der Waals surface area contributed by atoms with E-state index in [0.717, 1.165) is 0 Å². The molecule has 3 rings (SSSR count). The minimum atomic E-state index is 0.0528. The normalized spacial score (nSPS) is 48.3. The van der Waals surface area contributed by atoms with Crippen molar-refractivity contribution in [2.45, 2.75) is 44.8 Å². The van der Waals surface area contributed by atoms with E-state index in [0.29, 0.717) is 5.92 Å². The lowest BCUT2D eigenvalue weighted by Crippen LogP contribution is -2.47. The zero-order valence-corrected chi connectivity index (χ0v) is 9.05. The van der Waals surface area contributed by atoms with Gasteiger partial charge in [-0.15, -0.1) is 0 Å². The van der Waals surface area contributed by atoms with E-state index in [1.54, 1.807) is 0 Å². The van der Waals surface area contributed by atoms with Crippen molar-refractivity contribution in [3.05, 3.63) is 24.3 Å². The van der Waals surface area contributed by atoms with Gasteiger partial charge in [0.1, 0.15) is 0 Å². The molecule has 1 heteroatoms. The summed E-state index contributed by atoms with van der Waals surface area (Å²) < 4.78 is 6.22. The first kappa shape index (κ1) is 8.72. The van der Waals surface area contributed by atoms with Crippen LogP contribution in [0.3, 0.4) is 0 Å². The molecule has 1 spiro atoms. The van der Waals surface area contributed by atoms with Crippen LogP contribution in [0.1, 0.15) is 33.1 Å². The number of fused-ring (bicyclic) bond motifs is 1. The van der Waals surface area contributed by atoms with E-state index < -0.39 is 0 Å². The van der Waals surface area contributed by atoms with E-state index in [1.165, 1.54) is 24.8 Å². The van der Waals surface area contributed by atoms with Gasteiger partial charge in [0.2, 0.25) is 0 Å². The molecule has 14 heavy (non-hydrogen) atoms. The minimum Gasteiger partial charge on any atom is -0.362 e. The topological polar surface area (TPSA) is 9.23 Å². The Morgan fingerprint density at radius 3 is 3.07 bits per heavy atom. The van der Waals surface area contributed by atoms with Crippen LogP contribution in [-0.2, 0) is 4.74 Å². The van der Waals surface area contributed by atoms with Gasteiger partial charge < -0.3 is 4.74 Å². The lowest BCUT2D eigenvalue weighted by atomic mass is 9.70. The number of ether oxygens (including phenoxy) is 1. The summed E-state index contributed by atoms with van der Waals surface area (Å²) in [7, 11) is 0. The molecule has 0 aromatic rings. The average Bonchev–Trinajstić information content (AvgIpc) is 2.71. The fraction of sp³-hybridized carbons (Fsp3) is 0.692. The van der Waals surface area contributed by atoms with E-state index >= 15 is 0 Å². The summed E-state index contributed by atoms with van der Waals surface area (Å²) in [6.07, 6.45) is 8.59. The van der Waals surface area contributed by atoms with Gasteiger partial charge in [-0.25, -0.2) is 0 Å². The predicted molar refractivity (Wildman–Crippen MR) is 57.0 cm³/mol. The number of rotatable bonds is 0. The molecule has 2 aliphatic heterocycles. The van der Waals surface area contributed by atoms with E-state index in [1.807, 2.05) is 0 Å². The van der Waals surface area contributed by atoms with Crippen LogP contribution in [0.2, 0.25) is 0 Å². The van der Waals surface area contributed by atoms with Gasteiger partial charge in [-0.1, -0.05) is 38.2 Å². The molecule has 2 fully saturated rings. The molecule has 0 aromatic heterocycles. The van der Waals surface area contributed by atoms with Crippen LogP contribution in [0.4, 0.5) is 0 Å². The fourth-order valence-corrected chi connectivity index (χ4v) is 3.40. The maximum Gasteiger partial charge on any atom is 0.0936 e. The molecular formula is C13H18O. The molecule has 0 aromatic carbocycles. The Kier molecular flexibility index (Phi) is 1.45. The highest BCUT2D eigenvalue weighted by molar-refractivity contribution is 5.34. The van der Waals surface area contributed by atoms with Crippen LogP contribution < -0.4 is 0 Å². The molecule has 3 atom stereocenters. The molecule has 0 N–H and O–H groups in total. The van der Waals surface area contributed by atoms with Crippen molar-refractivity contribution in [1.82, 2.24) is 0 Å². The molecule has 1 nitrogen and oxygen atoms in total. The molecule has 0 unspecified atom stereocenters. The second-order valence-corrected chi connectivity index (χ2v) is 5.54. The zero-order chi connectivity index (χ0) is 9.97. The molecule has 76 valence electrons. The molecule has 3 aliphatic rings. The third-order valence-corrected chi connectivity index (χ3v) is 4.51. The summed E-state index contributed by atoms with van der Waals surface area (Å²) in [6, 6.07) is 0. The van der Waals surface area contributed by atoms with E-state index in [-0.39, 0.29) is 17.1 Å². The molecule has 1 saturated heterocycles. The van der Waals surface area contributed by atoms with E-state index in [9.17, 15) is 0 Å². The minimum absolute atomic E-state index is 0.0528. The standard InChI is InChI=1S/C13H18O/c1-9-10-5-4-7-13(10)8-6-11(14-13)12(9,2)3/h6,8,10-11H,1,4-5,7H2,2-3H3/t10-,11-,13-/m1/s1. The number of hydrogen-bond acceptors (Lipinski definition) is 1. The zero-order valence-electron chi connectivity index (χ0n) is 9.05. The van der Waals surface area contributed by atoms with Gasteiger partial charge in [0.15, 0.2) is 0 Å². The van der Waals surface area contributed by atoms with Gasteiger partial charge in [0.25, 0.3) is 0 Å². The van der Waals surface area contributed by atoms with Gasteiger partial charge in [-0.05, 0) is 19.3 Å². The molecule has 2 bridgehead atoms. The summed E-state index contributed by atoms with van der Waals surface area (Å²) in [5.74, 6) is 0.576. The highest BCUT2D eigenvalue weighted by Crippen LogP contribution is 2.58. The monoisotopic (exact) mass is 190 g/mol. The van der Waals surface area contributed by atoms with Crippen LogP contribution in [-0.4, -0.2) is 11.7 Å². The molecule has 0 radical (unpaired) electrons. The highest BCUT2D eigenvalue weighted by Gasteiger charge is 2.57. The molecule has 1 aliphatic carbocycles. The maximum absolute atomic E-state index is 6.22. The average molecular weight is 190 g/mol. The van der Waals surface area contributed by atoms with Crippen molar-refractivity contribution in [3.8, 4) is 0 Å². The SMILES string of the molecule is C=C1[C@H]2CCC[C@@]23C=C[C@@H](O3)C1(C)C. The first-order valence-corrected chi connectivity index (χ1v) is 5.63. The Morgan fingerprint density at radius 2 is 2.29 bits per heavy atom. The first-order valence-electron chi connectivity index (χ1n) is 5.63. The Bertz CT molecular complexity index is 326. The maximum atomic E-state index is 6.22. The highest BCUT2D eigenvalue weighted by atomic mass is 16.5. The molecule has 2 heterocycles. The molecule has 1 saturated carbocycles.